The molecule has 2 aliphatic heterocycles. The Hall–Kier alpha value is -3.72. The number of fused-ring (bicyclic) bond motifs is 1. The molecule has 2 aromatic heterocycles. The van der Waals surface area contributed by atoms with Gasteiger partial charge in [-0.1, -0.05) is 16.9 Å². The number of tetrazole rings is 1. The lowest BCUT2D eigenvalue weighted by Gasteiger charge is -2.49. The maximum absolute atomic E-state index is 13.0. The smallest absolute Gasteiger partial charge is 0.425 e. The number of anilines is 1. The van der Waals surface area contributed by atoms with Crippen molar-refractivity contribution < 1.29 is 42.3 Å². The number of hydrogen-bond donors (Lipinski definition) is 3. The van der Waals surface area contributed by atoms with Gasteiger partial charge < -0.3 is 20.6 Å². The molecule has 2 aliphatic rings. The number of thioether (sulfide) groups is 2. The van der Waals surface area contributed by atoms with Gasteiger partial charge in [0.2, 0.25) is 18.2 Å². The van der Waals surface area contributed by atoms with Crippen LogP contribution in [0.5, 0.6) is 0 Å². The molecule has 0 bridgehead atoms. The van der Waals surface area contributed by atoms with Crippen LogP contribution in [0.4, 0.5) is 18.3 Å². The van der Waals surface area contributed by atoms with Crippen molar-refractivity contribution in [3.05, 3.63) is 22.3 Å². The molecular formula is C18H16F3N9O6S3. The number of carboxylic acid groups (broad SMARTS) is 1. The predicted octanol–water partition coefficient (Wildman–Crippen LogP) is 0.0488. The first kappa shape index (κ1) is 28.3. The number of hydrogen-bond acceptors (Lipinski definition) is 13. The fraction of sp³-hybridized carbons (Fsp3) is 0.389. The van der Waals surface area contributed by atoms with Crippen LogP contribution < -0.4 is 10.6 Å². The van der Waals surface area contributed by atoms with Gasteiger partial charge in [0.15, 0.2) is 10.8 Å². The third kappa shape index (κ3) is 6.30. The summed E-state index contributed by atoms with van der Waals surface area (Å²) in [6, 6.07) is -1.20. The molecule has 2 atom stereocenters. The van der Waals surface area contributed by atoms with Crippen molar-refractivity contribution in [3.8, 4) is 0 Å². The Morgan fingerprint density at radius 1 is 1.41 bits per heavy atom. The SMILES string of the molecule is Cn1nnnc1SCC1=C(C(=O)O)N2C(=O)C(NC(=O)C(=NOCC(F)(F)F)c3csc(NC=O)n3)[C@@H]2SC1. The summed E-state index contributed by atoms with van der Waals surface area (Å²) in [7, 11) is 1.61. The van der Waals surface area contributed by atoms with Crippen LogP contribution in [-0.4, -0.2) is 101 Å². The second-order valence-corrected chi connectivity index (χ2v) is 10.5. The first-order valence-corrected chi connectivity index (χ1v) is 13.4. The summed E-state index contributed by atoms with van der Waals surface area (Å²) < 4.78 is 39.0. The highest BCUT2D eigenvalue weighted by Gasteiger charge is 2.54. The van der Waals surface area contributed by atoms with Crippen LogP contribution >= 0.6 is 34.9 Å². The number of carbonyl (C=O) groups is 4. The van der Waals surface area contributed by atoms with Gasteiger partial charge in [-0.05, 0) is 16.0 Å². The van der Waals surface area contributed by atoms with Gasteiger partial charge in [-0.3, -0.25) is 19.3 Å². The molecule has 21 heteroatoms. The molecule has 0 aromatic carbocycles. The molecule has 2 aromatic rings. The van der Waals surface area contributed by atoms with Crippen LogP contribution in [0.15, 0.2) is 27.0 Å². The number of halogens is 3. The number of aromatic nitrogens is 5. The minimum absolute atomic E-state index is 0.0313. The zero-order chi connectivity index (χ0) is 28.3. The van der Waals surface area contributed by atoms with Crippen molar-refractivity contribution >= 4 is 69.9 Å². The minimum Gasteiger partial charge on any atom is -0.477 e. The van der Waals surface area contributed by atoms with Crippen LogP contribution in [0.2, 0.25) is 0 Å². The summed E-state index contributed by atoms with van der Waals surface area (Å²) in [5.74, 6) is -2.77. The van der Waals surface area contributed by atoms with Crippen LogP contribution in [0.1, 0.15) is 5.69 Å². The summed E-state index contributed by atoms with van der Waals surface area (Å²) in [6.07, 6.45) is -4.43. The van der Waals surface area contributed by atoms with E-state index in [1.807, 2.05) is 0 Å². The quantitative estimate of drug-likeness (QED) is 0.102. The van der Waals surface area contributed by atoms with Gasteiger partial charge in [0.25, 0.3) is 11.8 Å². The largest absolute Gasteiger partial charge is 0.477 e. The van der Waals surface area contributed by atoms with Crippen LogP contribution in [0.3, 0.4) is 0 Å². The second-order valence-electron chi connectivity index (χ2n) is 7.62. The molecule has 0 radical (unpaired) electrons. The molecule has 39 heavy (non-hydrogen) atoms. The van der Waals surface area contributed by atoms with Gasteiger partial charge in [0.05, 0.1) is 0 Å². The molecule has 1 saturated heterocycles. The van der Waals surface area contributed by atoms with Gasteiger partial charge in [-0.25, -0.2) is 14.5 Å². The number of aliphatic carboxylic acids is 1. The van der Waals surface area contributed by atoms with Crippen molar-refractivity contribution in [3.63, 3.8) is 0 Å². The van der Waals surface area contributed by atoms with E-state index < -0.39 is 47.7 Å². The Balaban J connectivity index is 1.50. The van der Waals surface area contributed by atoms with E-state index in [4.69, 9.17) is 0 Å². The van der Waals surface area contributed by atoms with E-state index >= 15 is 0 Å². The van der Waals surface area contributed by atoms with Crippen LogP contribution in [0.25, 0.3) is 0 Å². The van der Waals surface area contributed by atoms with E-state index in [9.17, 15) is 37.5 Å². The maximum Gasteiger partial charge on any atom is 0.425 e. The zero-order valence-electron chi connectivity index (χ0n) is 19.4. The predicted molar refractivity (Wildman–Crippen MR) is 130 cm³/mol. The highest BCUT2D eigenvalue weighted by atomic mass is 32.2. The maximum atomic E-state index is 13.0. The number of thiazole rings is 1. The molecule has 4 rings (SSSR count). The average molecular weight is 608 g/mol. The van der Waals surface area contributed by atoms with Crippen molar-refractivity contribution in [2.75, 3.05) is 23.4 Å². The first-order valence-electron chi connectivity index (χ1n) is 10.5. The topological polar surface area (TPSA) is 194 Å². The van der Waals surface area contributed by atoms with Crippen molar-refractivity contribution in [2.45, 2.75) is 22.7 Å². The minimum atomic E-state index is -4.74. The number of oxime groups is 1. The Morgan fingerprint density at radius 2 is 2.18 bits per heavy atom. The van der Waals surface area contributed by atoms with Gasteiger partial charge >= 0.3 is 12.1 Å². The van der Waals surface area contributed by atoms with E-state index in [0.717, 1.165) is 16.2 Å². The number of nitrogens with one attached hydrogen (secondary N) is 2. The Labute approximate surface area is 228 Å². The molecular weight excluding hydrogens is 591 g/mol. The molecule has 3 N–H and O–H groups in total. The summed E-state index contributed by atoms with van der Waals surface area (Å²) in [5, 5.41) is 29.6. The third-order valence-corrected chi connectivity index (χ3v) is 8.23. The fourth-order valence-electron chi connectivity index (χ4n) is 3.37. The number of rotatable bonds is 11. The number of nitrogens with zero attached hydrogens (tertiary/aromatic N) is 7. The average Bonchev–Trinajstić information content (AvgIpc) is 3.51. The summed E-state index contributed by atoms with van der Waals surface area (Å²) in [5.41, 5.74) is -0.684. The monoisotopic (exact) mass is 607 g/mol. The number of β-lactam (4-membered cyclic amide) rings is 1. The van der Waals surface area contributed by atoms with Gasteiger partial charge in [0, 0.05) is 23.9 Å². The fourth-order valence-corrected chi connectivity index (χ4v) is 6.36. The van der Waals surface area contributed by atoms with E-state index in [1.54, 1.807) is 7.05 Å². The standard InChI is InChI=1S/C18H16F3N9O6S3/c1-29-17(25-27-28-29)39-3-7-2-37-14-10(13(33)30(14)11(7)15(34)35)24-12(32)9(26-36-5-18(19,20)21)8-4-38-16(23-8)22-6-31/h4,6,10,14H,2-3,5H2,1H3,(H,24,32)(H,34,35)(H,22,23,31)/t10?,14-/m0/s1. The number of aryl methyl sites for hydroxylation is 1. The van der Waals surface area contributed by atoms with Crippen molar-refractivity contribution in [1.29, 1.82) is 0 Å². The molecule has 208 valence electrons. The lowest BCUT2D eigenvalue weighted by atomic mass is 10.0. The van der Waals surface area contributed by atoms with E-state index in [2.05, 4.69) is 41.1 Å². The number of carboxylic acids is 1. The highest BCUT2D eigenvalue weighted by Crippen LogP contribution is 2.41. The molecule has 0 aliphatic carbocycles. The van der Waals surface area contributed by atoms with Crippen LogP contribution in [-0.2, 0) is 31.1 Å². The summed E-state index contributed by atoms with van der Waals surface area (Å²) in [6.45, 7) is -1.79. The van der Waals surface area contributed by atoms with Gasteiger partial charge in [-0.15, -0.1) is 28.2 Å². The Bertz CT molecular complexity index is 1360. The van der Waals surface area contributed by atoms with Crippen molar-refractivity contribution in [2.24, 2.45) is 12.2 Å². The number of amides is 3. The molecule has 0 spiro atoms. The van der Waals surface area contributed by atoms with Crippen LogP contribution in [0, 0.1) is 0 Å². The molecule has 1 fully saturated rings. The first-order chi connectivity index (χ1) is 18.5. The third-order valence-electron chi connectivity index (χ3n) is 5.02. The molecule has 1 unspecified atom stereocenters. The molecule has 3 amide bonds. The zero-order valence-corrected chi connectivity index (χ0v) is 21.9. The molecule has 15 nitrogen and oxygen atoms in total. The molecule has 0 saturated carbocycles. The summed E-state index contributed by atoms with van der Waals surface area (Å²) in [4.78, 5) is 57.8. The normalized spacial score (nSPS) is 19.3. The van der Waals surface area contributed by atoms with Gasteiger partial charge in [-0.2, -0.15) is 13.2 Å². The lowest BCUT2D eigenvalue weighted by molar-refractivity contribution is -0.174. The van der Waals surface area contributed by atoms with Gasteiger partial charge in [0.1, 0.15) is 22.8 Å². The Kier molecular flexibility index (Phi) is 8.39. The highest BCUT2D eigenvalue weighted by molar-refractivity contribution is 8.01. The van der Waals surface area contributed by atoms with E-state index in [-0.39, 0.29) is 28.0 Å². The van der Waals surface area contributed by atoms with E-state index in [0.29, 0.717) is 17.1 Å². The lowest BCUT2D eigenvalue weighted by Crippen LogP contribution is -2.71. The Morgan fingerprint density at radius 3 is 2.82 bits per heavy atom. The second kappa shape index (κ2) is 11.6. The molecule has 4 heterocycles. The van der Waals surface area contributed by atoms with E-state index in [1.165, 1.54) is 33.6 Å². The number of alkyl halides is 3. The summed E-state index contributed by atoms with van der Waals surface area (Å²) >= 11 is 3.24. The number of carbonyl (C=O) groups excluding carboxylic acids is 3. The van der Waals surface area contributed by atoms with Crippen molar-refractivity contribution in [1.82, 2.24) is 35.4 Å².